The summed E-state index contributed by atoms with van der Waals surface area (Å²) in [6.07, 6.45) is 1.96. The van der Waals surface area contributed by atoms with Gasteiger partial charge in [-0.15, -0.1) is 0 Å². The van der Waals surface area contributed by atoms with Crippen molar-refractivity contribution in [3.05, 3.63) is 132 Å². The van der Waals surface area contributed by atoms with Crippen molar-refractivity contribution in [1.29, 1.82) is 0 Å². The molecule has 51 heavy (non-hydrogen) atoms. The van der Waals surface area contributed by atoms with Crippen LogP contribution in [0.1, 0.15) is 54.3 Å². The number of ether oxygens (including phenoxy) is 4. The van der Waals surface area contributed by atoms with Gasteiger partial charge < -0.3 is 18.9 Å². The van der Waals surface area contributed by atoms with Crippen LogP contribution in [0.4, 0.5) is 0 Å². The van der Waals surface area contributed by atoms with Gasteiger partial charge in [-0.2, -0.15) is 0 Å². The van der Waals surface area contributed by atoms with Crippen molar-refractivity contribution in [2.45, 2.75) is 33.6 Å². The van der Waals surface area contributed by atoms with Gasteiger partial charge >= 0.3 is 23.9 Å². The second-order valence-corrected chi connectivity index (χ2v) is 12.0. The Bertz CT molecular complexity index is 1690. The summed E-state index contributed by atoms with van der Waals surface area (Å²) in [5.74, 6) is -0.946. The van der Waals surface area contributed by atoms with Crippen LogP contribution in [0.2, 0.25) is 0 Å². The molecular formula is C42H43NO8. The molecule has 9 heteroatoms. The molecule has 0 N–H and O–H groups in total. The summed E-state index contributed by atoms with van der Waals surface area (Å²) < 4.78 is 21.6. The predicted molar refractivity (Wildman–Crippen MR) is 197 cm³/mol. The Kier molecular flexibility index (Phi) is 14.0. The fourth-order valence-electron chi connectivity index (χ4n) is 4.84. The number of rotatable bonds is 17. The average Bonchev–Trinajstić information content (AvgIpc) is 3.14. The molecule has 0 heterocycles. The van der Waals surface area contributed by atoms with Crippen LogP contribution in [-0.2, 0) is 19.1 Å². The number of unbranched alkanes of at least 4 members (excludes halogenated alkanes) is 1. The van der Waals surface area contributed by atoms with Crippen LogP contribution in [0.3, 0.4) is 0 Å². The van der Waals surface area contributed by atoms with Crippen molar-refractivity contribution in [3.63, 3.8) is 0 Å². The van der Waals surface area contributed by atoms with Crippen molar-refractivity contribution < 1.29 is 38.1 Å². The second-order valence-electron chi connectivity index (χ2n) is 12.0. The van der Waals surface area contributed by atoms with Crippen LogP contribution in [0.15, 0.2) is 121 Å². The molecule has 9 nitrogen and oxygen atoms in total. The monoisotopic (exact) mass is 689 g/mol. The molecule has 0 bridgehead atoms. The lowest BCUT2D eigenvalue weighted by molar-refractivity contribution is -0.130. The lowest BCUT2D eigenvalue weighted by Gasteiger charge is -2.21. The van der Waals surface area contributed by atoms with Crippen molar-refractivity contribution in [2.24, 2.45) is 0 Å². The third kappa shape index (κ3) is 11.6. The molecule has 0 spiro atoms. The van der Waals surface area contributed by atoms with E-state index >= 15 is 0 Å². The maximum atomic E-state index is 12.8. The van der Waals surface area contributed by atoms with Gasteiger partial charge in [0, 0.05) is 24.2 Å². The Hall–Kier alpha value is -5.80. The Morgan fingerprint density at radius 3 is 1.18 bits per heavy atom. The van der Waals surface area contributed by atoms with E-state index in [-0.39, 0.29) is 13.2 Å². The zero-order valence-corrected chi connectivity index (χ0v) is 29.3. The number of hydrogen-bond donors (Lipinski definition) is 0. The van der Waals surface area contributed by atoms with Crippen molar-refractivity contribution >= 4 is 23.9 Å². The van der Waals surface area contributed by atoms with Gasteiger partial charge in [-0.3, -0.25) is 4.90 Å². The molecule has 4 aromatic carbocycles. The Morgan fingerprint density at radius 1 is 0.529 bits per heavy atom. The van der Waals surface area contributed by atoms with E-state index in [0.717, 1.165) is 41.6 Å². The maximum absolute atomic E-state index is 12.8. The average molecular weight is 690 g/mol. The first-order valence-electron chi connectivity index (χ1n) is 16.8. The molecular weight excluding hydrogens is 646 g/mol. The lowest BCUT2D eigenvalue weighted by Crippen LogP contribution is -2.33. The maximum Gasteiger partial charge on any atom is 0.338 e. The Morgan fingerprint density at radius 2 is 0.863 bits per heavy atom. The van der Waals surface area contributed by atoms with E-state index in [9.17, 15) is 19.2 Å². The number of benzene rings is 4. The molecule has 0 atom stereocenters. The summed E-state index contributed by atoms with van der Waals surface area (Å²) >= 11 is 0. The van der Waals surface area contributed by atoms with Gasteiger partial charge in [0.15, 0.2) is 0 Å². The van der Waals surface area contributed by atoms with E-state index in [1.165, 1.54) is 0 Å². The van der Waals surface area contributed by atoms with Crippen LogP contribution in [-0.4, -0.2) is 61.6 Å². The highest BCUT2D eigenvalue weighted by molar-refractivity contribution is 5.91. The lowest BCUT2D eigenvalue weighted by atomic mass is 10.0. The second kappa shape index (κ2) is 18.8. The molecule has 0 radical (unpaired) electrons. The van der Waals surface area contributed by atoms with E-state index in [1.807, 2.05) is 48.5 Å². The topological polar surface area (TPSA) is 108 Å². The van der Waals surface area contributed by atoms with Gasteiger partial charge in [0.1, 0.15) is 24.7 Å². The first kappa shape index (κ1) is 38.0. The van der Waals surface area contributed by atoms with Crippen LogP contribution < -0.4 is 9.47 Å². The van der Waals surface area contributed by atoms with E-state index in [4.69, 9.17) is 18.9 Å². The van der Waals surface area contributed by atoms with Crippen molar-refractivity contribution in [3.8, 4) is 33.8 Å². The van der Waals surface area contributed by atoms with Crippen LogP contribution in [0.5, 0.6) is 11.5 Å². The van der Waals surface area contributed by atoms with Gasteiger partial charge in [0.2, 0.25) is 0 Å². The number of carbonyl (C=O) groups is 4. The molecule has 264 valence electrons. The molecule has 4 aromatic rings. The highest BCUT2D eigenvalue weighted by Crippen LogP contribution is 2.25. The van der Waals surface area contributed by atoms with E-state index in [0.29, 0.717) is 46.9 Å². The first-order valence-corrected chi connectivity index (χ1v) is 16.8. The van der Waals surface area contributed by atoms with Gasteiger partial charge in [0.05, 0.1) is 11.1 Å². The van der Waals surface area contributed by atoms with Gasteiger partial charge in [-0.1, -0.05) is 75.0 Å². The third-order valence-electron chi connectivity index (χ3n) is 7.84. The summed E-state index contributed by atoms with van der Waals surface area (Å²) in [7, 11) is 0. The minimum absolute atomic E-state index is 0.196. The van der Waals surface area contributed by atoms with E-state index < -0.39 is 23.9 Å². The van der Waals surface area contributed by atoms with Gasteiger partial charge in [0.25, 0.3) is 0 Å². The highest BCUT2D eigenvalue weighted by atomic mass is 16.5. The number of carbonyl (C=O) groups excluding carboxylic acids is 4. The fourth-order valence-corrected chi connectivity index (χ4v) is 4.84. The van der Waals surface area contributed by atoms with Crippen LogP contribution >= 0.6 is 0 Å². The molecule has 0 saturated carbocycles. The molecule has 0 fully saturated rings. The molecule has 0 aliphatic rings. The van der Waals surface area contributed by atoms with E-state index in [1.54, 1.807) is 62.4 Å². The minimum Gasteiger partial charge on any atom is -0.461 e. The Labute approximate surface area is 299 Å². The molecule has 0 unspecified atom stereocenters. The molecule has 0 amide bonds. The standard InChI is InChI=1S/C42H43NO8/c1-6-7-24-43(25-27-48-41(46)35-12-8-31(9-13-35)33-16-20-37(21-17-33)50-39(44)29(2)3)26-28-49-42(47)36-14-10-32(11-15-36)34-18-22-38(23-19-34)51-40(45)30(4)5/h8-23H,2,4,6-7,24-28H2,1,3,5H3. The fraction of sp³-hybridized carbons (Fsp3) is 0.238. The number of esters is 4. The normalized spacial score (nSPS) is 10.7. The summed E-state index contributed by atoms with van der Waals surface area (Å²) in [4.78, 5) is 51.1. The predicted octanol–water partition coefficient (Wildman–Crippen LogP) is 8.10. The summed E-state index contributed by atoms with van der Waals surface area (Å²) in [5.41, 5.74) is 5.12. The van der Waals surface area contributed by atoms with Crippen LogP contribution in [0.25, 0.3) is 22.3 Å². The minimum atomic E-state index is -0.478. The summed E-state index contributed by atoms with van der Waals surface area (Å²) in [5, 5.41) is 0. The summed E-state index contributed by atoms with van der Waals surface area (Å²) in [6, 6.07) is 28.4. The number of hydrogen-bond acceptors (Lipinski definition) is 9. The van der Waals surface area contributed by atoms with Crippen LogP contribution in [0, 0.1) is 0 Å². The Balaban J connectivity index is 1.22. The smallest absolute Gasteiger partial charge is 0.338 e. The van der Waals surface area contributed by atoms with E-state index in [2.05, 4.69) is 25.0 Å². The summed E-state index contributed by atoms with van der Waals surface area (Å²) in [6.45, 7) is 14.6. The quantitative estimate of drug-likeness (QED) is 0.0617. The van der Waals surface area contributed by atoms with Crippen molar-refractivity contribution in [2.75, 3.05) is 32.8 Å². The van der Waals surface area contributed by atoms with Crippen molar-refractivity contribution in [1.82, 2.24) is 4.90 Å². The zero-order valence-electron chi connectivity index (χ0n) is 29.3. The molecule has 4 rings (SSSR count). The molecule has 0 aliphatic heterocycles. The highest BCUT2D eigenvalue weighted by Gasteiger charge is 2.13. The molecule has 0 saturated heterocycles. The third-order valence-corrected chi connectivity index (χ3v) is 7.84. The molecule has 0 aliphatic carbocycles. The number of nitrogens with zero attached hydrogens (tertiary/aromatic N) is 1. The first-order chi connectivity index (χ1) is 24.5. The largest absolute Gasteiger partial charge is 0.461 e. The van der Waals surface area contributed by atoms with Gasteiger partial charge in [-0.05, 0) is 97.6 Å². The molecule has 0 aromatic heterocycles. The van der Waals surface area contributed by atoms with Gasteiger partial charge in [-0.25, -0.2) is 19.2 Å². The SMILES string of the molecule is C=C(C)C(=O)Oc1ccc(-c2ccc(C(=O)OCCN(CCCC)CCOC(=O)c3ccc(-c4ccc(OC(=O)C(=C)C)cc4)cc3)cc2)cc1. The zero-order chi connectivity index (χ0) is 36.8.